The summed E-state index contributed by atoms with van der Waals surface area (Å²) in [5.74, 6) is 0. The normalized spacial score (nSPS) is 6.12. The zero-order valence-corrected chi connectivity index (χ0v) is 12.6. The second-order valence-electron chi connectivity index (χ2n) is 2.12. The predicted octanol–water partition coefficient (Wildman–Crippen LogP) is 4.85. The molecule has 17 heavy (non-hydrogen) atoms. The Kier molecular flexibility index (Phi) is 52.4. The predicted molar refractivity (Wildman–Crippen MR) is 79.7 cm³/mol. The number of aromatic nitrogens is 1. The first-order valence-electron chi connectivity index (χ1n) is 4.40. The summed E-state index contributed by atoms with van der Waals surface area (Å²) in [6.07, 6.45) is 1.52. The minimum absolute atomic E-state index is 0. The summed E-state index contributed by atoms with van der Waals surface area (Å²) in [5.41, 5.74) is 2.09. The fraction of sp³-hybridized carbons (Fsp3) is 0.333. The topological polar surface area (TPSA) is 12.9 Å². The molecule has 0 aliphatic heterocycles. The van der Waals surface area contributed by atoms with Gasteiger partial charge in [-0.15, -0.1) is 12.8 Å². The van der Waals surface area contributed by atoms with Crippen molar-refractivity contribution in [1.29, 1.82) is 0 Å². The Morgan fingerprint density at radius 3 is 1.47 bits per heavy atom. The molecule has 0 saturated carbocycles. The van der Waals surface area contributed by atoms with Gasteiger partial charge >= 0.3 is 0 Å². The maximum Gasteiger partial charge on any atom is 0.0108 e. The van der Waals surface area contributed by atoms with Crippen molar-refractivity contribution in [3.63, 3.8) is 0 Å². The van der Waals surface area contributed by atoms with Gasteiger partial charge < -0.3 is 36.1 Å². The average molecular weight is 279 g/mol. The van der Waals surface area contributed by atoms with E-state index in [1.165, 1.54) is 0 Å². The summed E-state index contributed by atoms with van der Waals surface area (Å²) in [4.78, 5) is 4.28. The molecule has 0 bridgehead atoms. The van der Waals surface area contributed by atoms with E-state index < -0.39 is 0 Å². The third kappa shape index (κ3) is 15.7. The van der Waals surface area contributed by atoms with Gasteiger partial charge in [-0.2, -0.15) is 0 Å². The van der Waals surface area contributed by atoms with E-state index in [1.807, 2.05) is 32.0 Å². The molecule has 0 aromatic carbocycles. The molecule has 1 nitrogen and oxygen atoms in total. The molecule has 0 amide bonds. The van der Waals surface area contributed by atoms with Crippen LogP contribution in [0.2, 0.25) is 0 Å². The molecule has 107 valence electrons. The van der Waals surface area contributed by atoms with E-state index in [0.717, 1.165) is 24.2 Å². The van der Waals surface area contributed by atoms with Crippen LogP contribution in [0.4, 0.5) is 0 Å². The number of hydrogen-bond donors (Lipinski definition) is 0. The van der Waals surface area contributed by atoms with Crippen LogP contribution in [0.5, 0.6) is 0 Å². The van der Waals surface area contributed by atoms with Gasteiger partial charge in [0.1, 0.15) is 0 Å². The summed E-state index contributed by atoms with van der Waals surface area (Å²) in [6.45, 7) is 11.5. The third-order valence-corrected chi connectivity index (χ3v) is 1.38. The Morgan fingerprint density at radius 2 is 1.24 bits per heavy atom. The maximum absolute atomic E-state index is 4.28. The summed E-state index contributed by atoms with van der Waals surface area (Å²) < 4.78 is 0. The molecule has 0 N–H and O–H groups in total. The number of nitrogens with zero attached hydrogens (tertiary/aromatic N) is 1. The minimum atomic E-state index is 0. The fourth-order valence-electron chi connectivity index (χ4n) is 0.808. The van der Waals surface area contributed by atoms with Crippen LogP contribution in [-0.4, -0.2) is 4.98 Å². The van der Waals surface area contributed by atoms with Crippen LogP contribution >= 0.6 is 0 Å². The van der Waals surface area contributed by atoms with E-state index in [9.17, 15) is 0 Å². The standard InChI is InChI=1S/C9H11N.C2H6.CH4.3CH3.Mn/c1-3-8-6-5-7-9(4-2)10-8;1-2;;;;;/h5-7H,1-4H2;1-2H3;1H4;3*1H3;/q-2;;;3*-1;. The van der Waals surface area contributed by atoms with Gasteiger partial charge in [0.15, 0.2) is 0 Å². The number of pyridine rings is 1. The Morgan fingerprint density at radius 1 is 0.941 bits per heavy atom. The molecule has 2 heteroatoms. The van der Waals surface area contributed by atoms with Gasteiger partial charge in [-0.3, -0.25) is 4.98 Å². The molecule has 0 spiro atoms. The van der Waals surface area contributed by atoms with Crippen molar-refractivity contribution in [3.05, 3.63) is 65.7 Å². The molecule has 0 saturated heterocycles. The van der Waals surface area contributed by atoms with Crippen LogP contribution in [-0.2, 0) is 29.9 Å². The smallest absolute Gasteiger partial charge is 0.0108 e. The van der Waals surface area contributed by atoms with E-state index in [0.29, 0.717) is 0 Å². The zero-order chi connectivity index (χ0) is 9.40. The Labute approximate surface area is 122 Å². The SMILES string of the molecule is C.CC.[CH2-]Cc1cccc(C[CH2-])n1.[CH3-].[CH3-].[CH3-].[Mn]. The Bertz CT molecular complexity index is 193. The van der Waals surface area contributed by atoms with E-state index in [-0.39, 0.29) is 46.8 Å². The van der Waals surface area contributed by atoms with Crippen LogP contribution in [0, 0.1) is 36.1 Å². The van der Waals surface area contributed by atoms with Crippen molar-refractivity contribution in [2.75, 3.05) is 0 Å². The van der Waals surface area contributed by atoms with Gasteiger partial charge in [0.2, 0.25) is 0 Å². The zero-order valence-electron chi connectivity index (χ0n) is 11.4. The van der Waals surface area contributed by atoms with Crippen molar-refractivity contribution in [2.24, 2.45) is 0 Å². The molecule has 0 aliphatic carbocycles. The summed E-state index contributed by atoms with van der Waals surface area (Å²) in [6, 6.07) is 5.95. The summed E-state index contributed by atoms with van der Waals surface area (Å²) in [7, 11) is 0. The van der Waals surface area contributed by atoms with Crippen molar-refractivity contribution >= 4 is 0 Å². The molecule has 1 aromatic heterocycles. The molecule has 0 fully saturated rings. The van der Waals surface area contributed by atoms with Gasteiger partial charge in [-0.05, 0) is 12.1 Å². The molecule has 1 radical (unpaired) electrons. The van der Waals surface area contributed by atoms with Crippen LogP contribution in [0.3, 0.4) is 0 Å². The van der Waals surface area contributed by atoms with Crippen LogP contribution in [0.25, 0.3) is 0 Å². The molecule has 1 heterocycles. The first kappa shape index (κ1) is 36.0. The van der Waals surface area contributed by atoms with Crippen molar-refractivity contribution in [2.45, 2.75) is 34.1 Å². The maximum atomic E-state index is 4.28. The summed E-state index contributed by atoms with van der Waals surface area (Å²) in [5, 5.41) is 0. The number of rotatable bonds is 2. The van der Waals surface area contributed by atoms with Gasteiger partial charge in [0.05, 0.1) is 0 Å². The molecule has 1 aromatic rings. The van der Waals surface area contributed by atoms with Gasteiger partial charge in [0.25, 0.3) is 0 Å². The van der Waals surface area contributed by atoms with Gasteiger partial charge in [-0.25, -0.2) is 0 Å². The third-order valence-electron chi connectivity index (χ3n) is 1.38. The number of hydrogen-bond acceptors (Lipinski definition) is 1. The second kappa shape index (κ2) is 24.8. The average Bonchev–Trinajstić information content (AvgIpc) is 2.21. The molecule has 0 aliphatic rings. The molecular weight excluding hydrogens is 249 g/mol. The Balaban J connectivity index is -0.0000000411. The van der Waals surface area contributed by atoms with Crippen molar-refractivity contribution in [1.82, 2.24) is 4.98 Å². The van der Waals surface area contributed by atoms with Crippen LogP contribution < -0.4 is 0 Å². The fourth-order valence-corrected chi connectivity index (χ4v) is 0.808. The van der Waals surface area contributed by atoms with E-state index >= 15 is 0 Å². The molecule has 0 atom stereocenters. The monoisotopic (exact) mass is 279 g/mol. The largest absolute Gasteiger partial charge is 0.358 e. The van der Waals surface area contributed by atoms with E-state index in [4.69, 9.17) is 0 Å². The van der Waals surface area contributed by atoms with E-state index in [2.05, 4.69) is 18.8 Å². The van der Waals surface area contributed by atoms with Crippen molar-refractivity contribution in [3.8, 4) is 0 Å². The minimum Gasteiger partial charge on any atom is -0.358 e. The molecule has 0 unspecified atom stereocenters. The first-order valence-corrected chi connectivity index (χ1v) is 4.40. The van der Waals surface area contributed by atoms with Crippen LogP contribution in [0.1, 0.15) is 32.7 Å². The Hall–Kier alpha value is -0.331. The first-order chi connectivity index (χ1) is 5.86. The van der Waals surface area contributed by atoms with Gasteiger partial charge in [-0.1, -0.05) is 27.3 Å². The second-order valence-corrected chi connectivity index (χ2v) is 2.12. The van der Waals surface area contributed by atoms with Crippen LogP contribution in [0.15, 0.2) is 18.2 Å². The summed E-state index contributed by atoms with van der Waals surface area (Å²) >= 11 is 0. The quantitative estimate of drug-likeness (QED) is 0.557. The molecular formula is C15H30MnN-5. The van der Waals surface area contributed by atoms with Crippen molar-refractivity contribution < 1.29 is 17.1 Å². The van der Waals surface area contributed by atoms with Gasteiger partial charge in [0, 0.05) is 28.5 Å². The van der Waals surface area contributed by atoms with E-state index in [1.54, 1.807) is 0 Å². The molecule has 1 rings (SSSR count).